The molecule has 23 heavy (non-hydrogen) atoms. The third kappa shape index (κ3) is 3.97. The maximum Gasteiger partial charge on any atom is 0.249 e. The van der Waals surface area contributed by atoms with Gasteiger partial charge in [0.15, 0.2) is 11.7 Å². The smallest absolute Gasteiger partial charge is 0.249 e. The lowest BCUT2D eigenvalue weighted by Gasteiger charge is -2.11. The molecule has 0 aromatic heterocycles. The quantitative estimate of drug-likeness (QED) is 0.684. The molecule has 0 aliphatic heterocycles. The average Bonchev–Trinajstić information content (AvgIpc) is 2.49. The van der Waals surface area contributed by atoms with Crippen LogP contribution in [0.2, 0.25) is 5.02 Å². The number of nitrogens with zero attached hydrogens (tertiary/aromatic N) is 1. The topological polar surface area (TPSA) is 70.0 Å². The predicted octanol–water partition coefficient (Wildman–Crippen LogP) is 3.92. The van der Waals surface area contributed by atoms with E-state index in [9.17, 15) is 14.9 Å². The van der Waals surface area contributed by atoms with E-state index < -0.39 is 17.6 Å². The molecule has 0 aliphatic carbocycles. The largest absolute Gasteiger partial charge is 0.323 e. The molecule has 0 spiro atoms. The molecule has 116 valence electrons. The van der Waals surface area contributed by atoms with E-state index in [1.165, 1.54) is 0 Å². The lowest BCUT2D eigenvalue weighted by molar-refractivity contribution is -0.117. The Bertz CT molecular complexity index is 789. The fourth-order valence-corrected chi connectivity index (χ4v) is 2.47. The van der Waals surface area contributed by atoms with Gasteiger partial charge in [0.25, 0.3) is 0 Å². The number of ketones is 1. The number of para-hydroxylation sites is 1. The first-order valence-electron chi connectivity index (χ1n) is 7.00. The summed E-state index contributed by atoms with van der Waals surface area (Å²) in [5.74, 6) is -2.64. The van der Waals surface area contributed by atoms with Gasteiger partial charge in [0.05, 0.1) is 16.8 Å². The number of amides is 1. The van der Waals surface area contributed by atoms with Crippen molar-refractivity contribution in [2.24, 2.45) is 5.92 Å². The van der Waals surface area contributed by atoms with Crippen LogP contribution < -0.4 is 5.32 Å². The van der Waals surface area contributed by atoms with Gasteiger partial charge >= 0.3 is 0 Å². The first kappa shape index (κ1) is 16.7. The summed E-state index contributed by atoms with van der Waals surface area (Å²) >= 11 is 5.97. The highest BCUT2D eigenvalue weighted by atomic mass is 35.5. The van der Waals surface area contributed by atoms with Crippen LogP contribution in [0.15, 0.2) is 42.5 Å². The number of nitrogens with one attached hydrogen (secondary N) is 1. The van der Waals surface area contributed by atoms with E-state index in [2.05, 4.69) is 5.32 Å². The molecular weight excluding hydrogens is 312 g/mol. The van der Waals surface area contributed by atoms with Crippen LogP contribution in [0.1, 0.15) is 21.5 Å². The Kier molecular flexibility index (Phi) is 5.15. The maximum atomic E-state index is 12.5. The lowest BCUT2D eigenvalue weighted by Crippen LogP contribution is -2.28. The minimum Gasteiger partial charge on any atom is -0.323 e. The molecular formula is C18H15ClN2O2. The summed E-state index contributed by atoms with van der Waals surface area (Å²) in [7, 11) is 0. The second kappa shape index (κ2) is 7.08. The summed E-state index contributed by atoms with van der Waals surface area (Å²) in [4.78, 5) is 24.7. The van der Waals surface area contributed by atoms with E-state index in [1.807, 2.05) is 19.9 Å². The van der Waals surface area contributed by atoms with Gasteiger partial charge in [-0.05, 0) is 38.1 Å². The molecule has 2 rings (SSSR count). The number of carbonyl (C=O) groups excluding carboxylic acids is 2. The highest BCUT2D eigenvalue weighted by Gasteiger charge is 2.28. The van der Waals surface area contributed by atoms with Crippen molar-refractivity contribution in [3.63, 3.8) is 0 Å². The van der Waals surface area contributed by atoms with E-state index in [1.54, 1.807) is 42.5 Å². The second-order valence-corrected chi connectivity index (χ2v) is 5.68. The van der Waals surface area contributed by atoms with E-state index in [4.69, 9.17) is 11.6 Å². The number of rotatable bonds is 4. The van der Waals surface area contributed by atoms with Gasteiger partial charge in [-0.15, -0.1) is 0 Å². The summed E-state index contributed by atoms with van der Waals surface area (Å²) in [6, 6.07) is 13.7. The fraction of sp³-hybridized carbons (Fsp3) is 0.167. The Morgan fingerprint density at radius 2 is 1.74 bits per heavy atom. The van der Waals surface area contributed by atoms with Crippen LogP contribution in [0.5, 0.6) is 0 Å². The van der Waals surface area contributed by atoms with Crippen LogP contribution in [0.25, 0.3) is 0 Å². The van der Waals surface area contributed by atoms with Crippen molar-refractivity contribution < 1.29 is 9.59 Å². The van der Waals surface area contributed by atoms with Crippen molar-refractivity contribution in [3.8, 4) is 6.07 Å². The molecule has 1 N–H and O–H groups in total. The zero-order valence-electron chi connectivity index (χ0n) is 12.8. The van der Waals surface area contributed by atoms with E-state index in [-0.39, 0.29) is 0 Å². The number of benzene rings is 2. The molecule has 0 fully saturated rings. The van der Waals surface area contributed by atoms with Crippen LogP contribution in [0.4, 0.5) is 5.69 Å². The van der Waals surface area contributed by atoms with Crippen molar-refractivity contribution >= 4 is 29.0 Å². The van der Waals surface area contributed by atoms with Crippen molar-refractivity contribution in [2.75, 3.05) is 5.32 Å². The van der Waals surface area contributed by atoms with E-state index >= 15 is 0 Å². The standard InChI is InChI=1S/C18H15ClN2O2/c1-11-7-12(2)9-13(8-11)17(22)14(10-20)18(23)21-16-6-4-3-5-15(16)19/h3-9,14H,1-2H3,(H,21,23)/t14-/m1/s1. The number of aryl methyl sites for hydroxylation is 2. The summed E-state index contributed by atoms with van der Waals surface area (Å²) in [5.41, 5.74) is 2.52. The number of Topliss-reactive ketones (excluding diaryl/α,β-unsaturated/α-hetero) is 1. The molecule has 2 aromatic rings. The highest BCUT2D eigenvalue weighted by molar-refractivity contribution is 6.34. The summed E-state index contributed by atoms with van der Waals surface area (Å²) in [5, 5.41) is 12.1. The summed E-state index contributed by atoms with van der Waals surface area (Å²) in [6.07, 6.45) is 0. The Morgan fingerprint density at radius 3 is 2.30 bits per heavy atom. The highest BCUT2D eigenvalue weighted by Crippen LogP contribution is 2.22. The average molecular weight is 327 g/mol. The zero-order chi connectivity index (χ0) is 17.0. The van der Waals surface area contributed by atoms with E-state index in [0.717, 1.165) is 11.1 Å². The van der Waals surface area contributed by atoms with Gasteiger partial charge in [0.1, 0.15) is 0 Å². The van der Waals surface area contributed by atoms with Crippen molar-refractivity contribution in [1.82, 2.24) is 0 Å². The Morgan fingerprint density at radius 1 is 1.13 bits per heavy atom. The second-order valence-electron chi connectivity index (χ2n) is 5.27. The monoisotopic (exact) mass is 326 g/mol. The molecule has 0 saturated carbocycles. The number of anilines is 1. The zero-order valence-corrected chi connectivity index (χ0v) is 13.5. The van der Waals surface area contributed by atoms with Crippen LogP contribution >= 0.6 is 11.6 Å². The molecule has 0 aliphatic rings. The molecule has 1 atom stereocenters. The Labute approximate surface area is 139 Å². The van der Waals surface area contributed by atoms with Gasteiger partial charge in [-0.3, -0.25) is 9.59 Å². The van der Waals surface area contributed by atoms with Gasteiger partial charge < -0.3 is 5.32 Å². The normalized spacial score (nSPS) is 11.4. The lowest BCUT2D eigenvalue weighted by atomic mass is 9.95. The molecule has 2 aromatic carbocycles. The Hall–Kier alpha value is -2.64. The third-order valence-electron chi connectivity index (χ3n) is 3.29. The van der Waals surface area contributed by atoms with Gasteiger partial charge in [-0.1, -0.05) is 40.9 Å². The van der Waals surface area contributed by atoms with Gasteiger partial charge in [0, 0.05) is 5.56 Å². The number of hydrogen-bond acceptors (Lipinski definition) is 3. The number of halogens is 1. The van der Waals surface area contributed by atoms with Gasteiger partial charge in [-0.25, -0.2) is 0 Å². The summed E-state index contributed by atoms with van der Waals surface area (Å²) in [6.45, 7) is 3.71. The van der Waals surface area contributed by atoms with Crippen LogP contribution in [0.3, 0.4) is 0 Å². The predicted molar refractivity (Wildman–Crippen MR) is 89.4 cm³/mol. The molecule has 1 amide bonds. The molecule has 5 heteroatoms. The first-order chi connectivity index (χ1) is 10.9. The maximum absolute atomic E-state index is 12.5. The summed E-state index contributed by atoms with van der Waals surface area (Å²) < 4.78 is 0. The number of nitriles is 1. The molecule has 0 saturated heterocycles. The van der Waals surface area contributed by atoms with Crippen molar-refractivity contribution in [1.29, 1.82) is 5.26 Å². The minimum atomic E-state index is -1.42. The van der Waals surface area contributed by atoms with Crippen molar-refractivity contribution in [2.45, 2.75) is 13.8 Å². The van der Waals surface area contributed by atoms with Crippen LogP contribution in [-0.2, 0) is 4.79 Å². The first-order valence-corrected chi connectivity index (χ1v) is 7.37. The minimum absolute atomic E-state index is 0.344. The van der Waals surface area contributed by atoms with E-state index in [0.29, 0.717) is 16.3 Å². The molecule has 0 radical (unpaired) electrons. The molecule has 0 heterocycles. The molecule has 0 unspecified atom stereocenters. The third-order valence-corrected chi connectivity index (χ3v) is 3.62. The van der Waals surface area contributed by atoms with Crippen LogP contribution in [0, 0.1) is 31.1 Å². The van der Waals surface area contributed by atoms with Gasteiger partial charge in [-0.2, -0.15) is 5.26 Å². The SMILES string of the molecule is Cc1cc(C)cc(C(=O)[C@@H](C#N)C(=O)Nc2ccccc2Cl)c1. The molecule has 4 nitrogen and oxygen atoms in total. The number of carbonyl (C=O) groups is 2. The Balaban J connectivity index is 2.25. The van der Waals surface area contributed by atoms with Crippen molar-refractivity contribution in [3.05, 3.63) is 64.2 Å². The fourth-order valence-electron chi connectivity index (χ4n) is 2.29. The number of hydrogen-bond donors (Lipinski definition) is 1. The molecule has 0 bridgehead atoms. The van der Waals surface area contributed by atoms with Crippen LogP contribution in [-0.4, -0.2) is 11.7 Å². The van der Waals surface area contributed by atoms with Gasteiger partial charge in [0.2, 0.25) is 5.91 Å².